The number of halogens is 1. The summed E-state index contributed by atoms with van der Waals surface area (Å²) in [5, 5.41) is 46.4. The highest BCUT2D eigenvalue weighted by Gasteiger charge is 2.70. The Hall–Kier alpha value is -4.83. The number of aliphatic hydroxyl groups excluding tert-OH is 2. The van der Waals surface area contributed by atoms with Crippen LogP contribution >= 0.6 is 0 Å². The predicted molar refractivity (Wildman–Crippen MR) is 278 cm³/mol. The van der Waals surface area contributed by atoms with Crippen LogP contribution in [0.2, 0.25) is 0 Å². The monoisotopic (exact) mass is 1110 g/mol. The first kappa shape index (κ1) is 61.8. The Morgan fingerprint density at radius 2 is 1.19 bits per heavy atom. The lowest BCUT2D eigenvalue weighted by atomic mass is 9.46. The first-order valence-corrected chi connectivity index (χ1v) is 28.1. The summed E-state index contributed by atoms with van der Waals surface area (Å²) in [4.78, 5) is 101. The van der Waals surface area contributed by atoms with Crippen LogP contribution in [0, 0.1) is 57.7 Å². The van der Waals surface area contributed by atoms with E-state index in [-0.39, 0.29) is 133 Å². The first-order chi connectivity index (χ1) is 37.4. The topological polar surface area (TPSA) is 282 Å². The van der Waals surface area contributed by atoms with Gasteiger partial charge in [0, 0.05) is 22.2 Å². The van der Waals surface area contributed by atoms with Gasteiger partial charge in [-0.2, -0.15) is 0 Å². The molecule has 5 saturated carbocycles. The predicted octanol–water partition coefficient (Wildman–Crippen LogP) is 4.51. The smallest absolute Gasteiger partial charge is 0.306 e. The van der Waals surface area contributed by atoms with Crippen molar-refractivity contribution in [2.45, 2.75) is 148 Å². The fraction of sp³-hybridized carbons (Fsp3) is 0.729. The van der Waals surface area contributed by atoms with Crippen molar-refractivity contribution < 1.29 is 96.3 Å². The first-order valence-electron chi connectivity index (χ1n) is 28.1. The van der Waals surface area contributed by atoms with Crippen molar-refractivity contribution >= 4 is 47.0 Å². The van der Waals surface area contributed by atoms with Crippen LogP contribution in [0.4, 0.5) is 4.39 Å². The average Bonchev–Trinajstić information content (AvgIpc) is 4.03. The van der Waals surface area contributed by atoms with E-state index in [2.05, 4.69) is 6.92 Å². The Morgan fingerprint density at radius 1 is 0.658 bits per heavy atom. The van der Waals surface area contributed by atoms with E-state index in [1.807, 2.05) is 19.9 Å². The summed E-state index contributed by atoms with van der Waals surface area (Å²) in [6, 6.07) is 0. The zero-order chi connectivity index (χ0) is 57.5. The number of aliphatic hydroxyl groups is 4. The number of hydrogen-bond donors (Lipinski definition) is 4. The minimum Gasteiger partial charge on any atom is -0.463 e. The molecule has 79 heavy (non-hydrogen) atoms. The second kappa shape index (κ2) is 26.0. The highest BCUT2D eigenvalue weighted by atomic mass is 19.1. The molecule has 0 aromatic carbocycles. The van der Waals surface area contributed by atoms with Crippen LogP contribution in [0.1, 0.15) is 118 Å². The Labute approximate surface area is 461 Å². The van der Waals surface area contributed by atoms with Gasteiger partial charge in [-0.3, -0.25) is 38.4 Å². The van der Waals surface area contributed by atoms with E-state index in [4.69, 9.17) is 33.2 Å². The van der Waals surface area contributed by atoms with Crippen molar-refractivity contribution in [3.63, 3.8) is 0 Å². The standard InChI is InChI=1S/C59H81FO19/c1-35-6-9-39(61)29-37(35)7-10-42-44-28-36(2)59(72,57(44,5)32-46(64)54(42)60)48(66)34-79-52(70)15-13-50(68)77-27-25-75-23-21-73-20-22-74-24-26-76-49(67)12-14-51(69)78-33-47(65)58(71)19-17-43-41-11-8-38-30-40(62)16-18-55(38,3)53(41)45(63)31-56(43,58)4/h6,9,16,18,29-30,35-36,41-46,53-54,63-64,71-72H,7-8,10-15,17,19-28,31-34H2,1-5H3. The molecule has 0 bridgehead atoms. The molecule has 0 heterocycles. The third-order valence-corrected chi connectivity index (χ3v) is 19.2. The molecule has 0 spiro atoms. The molecule has 19 nitrogen and oxygen atoms in total. The fourth-order valence-corrected chi connectivity index (χ4v) is 15.0. The van der Waals surface area contributed by atoms with Gasteiger partial charge in [0.15, 0.2) is 24.8 Å². The van der Waals surface area contributed by atoms with Crippen LogP contribution in [0.3, 0.4) is 0 Å². The zero-order valence-corrected chi connectivity index (χ0v) is 46.3. The lowest BCUT2D eigenvalue weighted by molar-refractivity contribution is -0.181. The normalized spacial score (nSPS) is 36.2. The minimum atomic E-state index is -2.01. The van der Waals surface area contributed by atoms with Crippen LogP contribution in [-0.4, -0.2) is 163 Å². The molecule has 7 aliphatic carbocycles. The summed E-state index contributed by atoms with van der Waals surface area (Å²) in [5.74, 6) is -6.57. The van der Waals surface area contributed by atoms with Crippen LogP contribution in [-0.2, 0) is 71.5 Å². The van der Waals surface area contributed by atoms with Crippen LogP contribution in [0.15, 0.2) is 47.6 Å². The highest BCUT2D eigenvalue weighted by Crippen LogP contribution is 2.67. The van der Waals surface area contributed by atoms with Crippen molar-refractivity contribution in [1.82, 2.24) is 0 Å². The van der Waals surface area contributed by atoms with E-state index >= 15 is 4.39 Å². The Morgan fingerprint density at radius 3 is 1.78 bits per heavy atom. The molecule has 0 saturated heterocycles. The number of carbonyl (C=O) groups is 8. The molecular formula is C59H81FO19. The summed E-state index contributed by atoms with van der Waals surface area (Å²) in [5.41, 5.74) is -4.59. The number of fused-ring (bicyclic) bond motifs is 6. The summed E-state index contributed by atoms with van der Waals surface area (Å²) >= 11 is 0. The number of ether oxygens (including phenoxy) is 7. The maximum atomic E-state index is 15.7. The molecule has 15 atom stereocenters. The molecule has 20 heteroatoms. The number of rotatable bonds is 27. The Bertz CT molecular complexity index is 2430. The van der Waals surface area contributed by atoms with Crippen LogP contribution < -0.4 is 0 Å². The lowest BCUT2D eigenvalue weighted by Gasteiger charge is -2.59. The van der Waals surface area contributed by atoms with Gasteiger partial charge in [-0.15, -0.1) is 0 Å². The van der Waals surface area contributed by atoms with E-state index in [9.17, 15) is 58.8 Å². The van der Waals surface area contributed by atoms with Gasteiger partial charge in [0.1, 0.15) is 30.6 Å². The van der Waals surface area contributed by atoms with E-state index < -0.39 is 112 Å². The molecule has 7 rings (SSSR count). The van der Waals surface area contributed by atoms with E-state index in [1.165, 1.54) is 6.08 Å². The molecule has 7 aliphatic rings. The van der Waals surface area contributed by atoms with Crippen LogP contribution in [0.25, 0.3) is 0 Å². The summed E-state index contributed by atoms with van der Waals surface area (Å²) < 4.78 is 52.5. The Kier molecular flexibility index (Phi) is 20.3. The number of alkyl halides is 1. The van der Waals surface area contributed by atoms with Crippen molar-refractivity contribution in [3.8, 4) is 0 Å². The van der Waals surface area contributed by atoms with Gasteiger partial charge in [-0.05, 0) is 118 Å². The lowest BCUT2D eigenvalue weighted by Crippen LogP contribution is -2.61. The van der Waals surface area contributed by atoms with Gasteiger partial charge in [0.05, 0.1) is 77.5 Å². The molecule has 0 aromatic heterocycles. The third-order valence-electron chi connectivity index (χ3n) is 19.2. The van der Waals surface area contributed by atoms with E-state index in [1.54, 1.807) is 38.2 Å². The van der Waals surface area contributed by atoms with E-state index in [0.29, 0.717) is 32.1 Å². The van der Waals surface area contributed by atoms with Crippen LogP contribution in [0.5, 0.6) is 0 Å². The van der Waals surface area contributed by atoms with Crippen molar-refractivity contribution in [2.75, 3.05) is 66.1 Å². The van der Waals surface area contributed by atoms with E-state index in [0.717, 1.165) is 17.6 Å². The van der Waals surface area contributed by atoms with Gasteiger partial charge < -0.3 is 53.6 Å². The Balaban J connectivity index is 0.677. The van der Waals surface area contributed by atoms with Gasteiger partial charge >= 0.3 is 23.9 Å². The molecule has 0 radical (unpaired) electrons. The number of carbonyl (C=O) groups excluding carboxylic acids is 8. The summed E-state index contributed by atoms with van der Waals surface area (Å²) in [6.45, 7) is 8.48. The number of hydrogen-bond acceptors (Lipinski definition) is 19. The van der Waals surface area contributed by atoms with Crippen molar-refractivity contribution in [3.05, 3.63) is 47.6 Å². The number of ketones is 4. The van der Waals surface area contributed by atoms with Gasteiger partial charge in [-0.1, -0.05) is 57.9 Å². The van der Waals surface area contributed by atoms with Gasteiger partial charge in [0.25, 0.3) is 0 Å². The van der Waals surface area contributed by atoms with Gasteiger partial charge in [-0.25, -0.2) is 4.39 Å². The quantitative estimate of drug-likeness (QED) is 0.0500. The molecule has 438 valence electrons. The number of esters is 4. The molecule has 5 fully saturated rings. The van der Waals surface area contributed by atoms with Crippen molar-refractivity contribution in [2.24, 2.45) is 57.7 Å². The summed E-state index contributed by atoms with van der Waals surface area (Å²) in [7, 11) is 0. The number of allylic oxidation sites excluding steroid dienone is 8. The fourth-order valence-electron chi connectivity index (χ4n) is 15.0. The number of Topliss-reactive ketones (excluding diaryl/α,β-unsaturated/α-hetero) is 2. The summed E-state index contributed by atoms with van der Waals surface area (Å²) in [6.07, 6.45) is 8.08. The molecule has 0 amide bonds. The largest absolute Gasteiger partial charge is 0.463 e. The second-order valence-corrected chi connectivity index (χ2v) is 23.7. The minimum absolute atomic E-state index is 0.00289. The molecular weight excluding hydrogens is 1030 g/mol. The maximum Gasteiger partial charge on any atom is 0.306 e. The SMILES string of the molecule is CC1C=CC(=O)C=C1CCC1C(F)C(O)CC2(C)C1CC(C)C2(O)C(=O)COC(=O)CCC(=O)OCCOCCOCCOCCOC(=O)CCC(=O)OCC(=O)C1(O)CCC2C3CCC4=CC(=O)C=CC4(C)C3C(O)CC21C. The zero-order valence-electron chi connectivity index (χ0n) is 46.3. The molecule has 4 N–H and O–H groups in total. The van der Waals surface area contributed by atoms with Gasteiger partial charge in [0.2, 0.25) is 11.6 Å². The maximum absolute atomic E-state index is 15.7. The average molecular weight is 1110 g/mol. The molecule has 0 aliphatic heterocycles. The second-order valence-electron chi connectivity index (χ2n) is 23.7. The third kappa shape index (κ3) is 13.1. The highest BCUT2D eigenvalue weighted by molar-refractivity contribution is 6.01. The molecule has 0 aromatic rings. The van der Waals surface area contributed by atoms with Crippen molar-refractivity contribution in [1.29, 1.82) is 0 Å². The molecule has 15 unspecified atom stereocenters.